The first kappa shape index (κ1) is 15.5. The zero-order valence-corrected chi connectivity index (χ0v) is 15.1. The highest BCUT2D eigenvalue weighted by Crippen LogP contribution is 2.54. The number of rotatable bonds is 4. The molecule has 0 saturated heterocycles. The standard InChI is InChI=1S/C20H19BrP/c1-2-22(18-9-5-3-6-10-18,19-11-7-4-8-12-19)20-15-13-17(21)14-16-20/h3-16H,2H2,1H3. The highest BCUT2D eigenvalue weighted by Gasteiger charge is 2.31. The Morgan fingerprint density at radius 3 is 1.45 bits per heavy atom. The van der Waals surface area contributed by atoms with Crippen molar-refractivity contribution in [2.75, 3.05) is 6.16 Å². The van der Waals surface area contributed by atoms with E-state index in [1.807, 2.05) is 0 Å². The van der Waals surface area contributed by atoms with E-state index in [-0.39, 0.29) is 0 Å². The summed E-state index contributed by atoms with van der Waals surface area (Å²) in [7, 11) is -1.57. The molecule has 2 heteroatoms. The van der Waals surface area contributed by atoms with Crippen molar-refractivity contribution in [2.24, 2.45) is 0 Å². The molecule has 0 atom stereocenters. The van der Waals surface area contributed by atoms with Crippen molar-refractivity contribution in [3.8, 4) is 0 Å². The van der Waals surface area contributed by atoms with Crippen LogP contribution in [0.3, 0.4) is 0 Å². The second-order valence-electron chi connectivity index (χ2n) is 5.27. The molecule has 0 nitrogen and oxygen atoms in total. The Morgan fingerprint density at radius 2 is 1.05 bits per heavy atom. The topological polar surface area (TPSA) is 0 Å². The molecule has 0 aliphatic carbocycles. The molecule has 3 aromatic carbocycles. The van der Waals surface area contributed by atoms with Gasteiger partial charge in [-0.3, -0.25) is 0 Å². The average Bonchev–Trinajstić information content (AvgIpc) is 2.59. The van der Waals surface area contributed by atoms with Crippen molar-refractivity contribution < 1.29 is 0 Å². The molecule has 22 heavy (non-hydrogen) atoms. The molecule has 0 aliphatic rings. The zero-order chi connectivity index (χ0) is 15.4. The Kier molecular flexibility index (Phi) is 4.76. The largest absolute Gasteiger partial charge is 0.0622 e. The van der Waals surface area contributed by atoms with Gasteiger partial charge in [0.15, 0.2) is 0 Å². The van der Waals surface area contributed by atoms with E-state index in [0.29, 0.717) is 0 Å². The predicted molar refractivity (Wildman–Crippen MR) is 103 cm³/mol. The van der Waals surface area contributed by atoms with Crippen LogP contribution in [0.15, 0.2) is 89.4 Å². The van der Waals surface area contributed by atoms with E-state index in [0.717, 1.165) is 10.6 Å². The summed E-state index contributed by atoms with van der Waals surface area (Å²) >= 11 is 3.56. The van der Waals surface area contributed by atoms with Crippen LogP contribution >= 0.6 is 23.2 Å². The van der Waals surface area contributed by atoms with Crippen molar-refractivity contribution in [2.45, 2.75) is 6.92 Å². The monoisotopic (exact) mass is 369 g/mol. The lowest BCUT2D eigenvalue weighted by Crippen LogP contribution is -2.32. The second kappa shape index (κ2) is 6.77. The summed E-state index contributed by atoms with van der Waals surface area (Å²) in [5.41, 5.74) is 0. The summed E-state index contributed by atoms with van der Waals surface area (Å²) in [5.74, 6) is 0. The normalized spacial score (nSPS) is 11.4. The van der Waals surface area contributed by atoms with Gasteiger partial charge in [0.25, 0.3) is 0 Å². The van der Waals surface area contributed by atoms with Crippen LogP contribution < -0.4 is 15.9 Å². The van der Waals surface area contributed by atoms with Crippen LogP contribution in [0, 0.1) is 0 Å². The summed E-state index contributed by atoms with van der Waals surface area (Å²) in [6, 6.07) is 30.8. The Hall–Kier alpha value is -1.43. The van der Waals surface area contributed by atoms with Gasteiger partial charge in [-0.15, -0.1) is 0 Å². The summed E-state index contributed by atoms with van der Waals surface area (Å²) in [6.07, 6.45) is 1.13. The van der Waals surface area contributed by atoms with Gasteiger partial charge in [-0.25, -0.2) is 0 Å². The lowest BCUT2D eigenvalue weighted by atomic mass is 10.4. The van der Waals surface area contributed by atoms with Crippen LogP contribution in [-0.2, 0) is 0 Å². The molecule has 0 aromatic heterocycles. The molecule has 3 aromatic rings. The minimum absolute atomic E-state index is 1.13. The maximum atomic E-state index is 3.56. The van der Waals surface area contributed by atoms with E-state index in [1.165, 1.54) is 15.9 Å². The SMILES string of the molecule is CC[P](c1ccccc1)(c1ccccc1)c1ccc(Br)cc1. The fraction of sp³-hybridized carbons (Fsp3) is 0.100. The first-order chi connectivity index (χ1) is 10.8. The quantitative estimate of drug-likeness (QED) is 0.581. The number of halogens is 1. The number of hydrogen-bond acceptors (Lipinski definition) is 0. The highest BCUT2D eigenvalue weighted by atomic mass is 79.9. The Labute approximate surface area is 141 Å². The van der Waals surface area contributed by atoms with Crippen LogP contribution in [0.25, 0.3) is 0 Å². The highest BCUT2D eigenvalue weighted by molar-refractivity contribution is 9.10. The lowest BCUT2D eigenvalue weighted by molar-refractivity contribution is 1.48. The molecule has 0 bridgehead atoms. The molecule has 0 aliphatic heterocycles. The van der Waals surface area contributed by atoms with Crippen molar-refractivity contribution in [1.82, 2.24) is 0 Å². The number of hydrogen-bond donors (Lipinski definition) is 0. The minimum Gasteiger partial charge on any atom is -0.0622 e. The molecule has 3 rings (SSSR count). The summed E-state index contributed by atoms with van der Waals surface area (Å²) < 4.78 is 1.13. The average molecular weight is 370 g/mol. The van der Waals surface area contributed by atoms with Gasteiger partial charge < -0.3 is 0 Å². The van der Waals surface area contributed by atoms with Gasteiger partial charge in [0, 0.05) is 4.47 Å². The van der Waals surface area contributed by atoms with E-state index in [2.05, 4.69) is 108 Å². The maximum absolute atomic E-state index is 3.56. The third-order valence-electron chi connectivity index (χ3n) is 4.14. The lowest BCUT2D eigenvalue weighted by Gasteiger charge is -2.37. The van der Waals surface area contributed by atoms with Gasteiger partial charge in [-0.05, 0) is 41.5 Å². The van der Waals surface area contributed by atoms with Gasteiger partial charge in [0.05, 0.1) is 0 Å². The molecule has 0 heterocycles. The van der Waals surface area contributed by atoms with Gasteiger partial charge >= 0.3 is 0 Å². The fourth-order valence-corrected chi connectivity index (χ4v) is 7.33. The van der Waals surface area contributed by atoms with Crippen molar-refractivity contribution in [3.05, 3.63) is 89.4 Å². The van der Waals surface area contributed by atoms with Crippen molar-refractivity contribution in [1.29, 1.82) is 0 Å². The molecule has 1 radical (unpaired) electrons. The molecule has 0 unspecified atom stereocenters. The Balaban J connectivity index is 2.28. The fourth-order valence-electron chi connectivity index (χ4n) is 3.06. The van der Waals surface area contributed by atoms with Crippen molar-refractivity contribution in [3.63, 3.8) is 0 Å². The first-order valence-corrected chi connectivity index (χ1v) is 10.3. The maximum Gasteiger partial charge on any atom is 0.0175 e. The van der Waals surface area contributed by atoms with E-state index in [9.17, 15) is 0 Å². The molecule has 0 saturated carbocycles. The Bertz CT molecular complexity index is 681. The second-order valence-corrected chi connectivity index (χ2v) is 9.99. The smallest absolute Gasteiger partial charge is 0.0175 e. The first-order valence-electron chi connectivity index (χ1n) is 7.53. The predicted octanol–water partition coefficient (Wildman–Crippen LogP) is 4.76. The molecule has 111 valence electrons. The summed E-state index contributed by atoms with van der Waals surface area (Å²) in [5, 5.41) is 4.34. The van der Waals surface area contributed by atoms with E-state index in [1.54, 1.807) is 0 Å². The Morgan fingerprint density at radius 1 is 0.636 bits per heavy atom. The van der Waals surface area contributed by atoms with Crippen molar-refractivity contribution >= 4 is 39.1 Å². The van der Waals surface area contributed by atoms with Crippen LogP contribution in [0.2, 0.25) is 0 Å². The molecule has 0 N–H and O–H groups in total. The molecule has 0 fully saturated rings. The van der Waals surface area contributed by atoms with Gasteiger partial charge in [0.2, 0.25) is 0 Å². The zero-order valence-electron chi connectivity index (χ0n) is 12.6. The van der Waals surface area contributed by atoms with Crippen LogP contribution in [0.5, 0.6) is 0 Å². The van der Waals surface area contributed by atoms with Crippen LogP contribution in [0.1, 0.15) is 6.92 Å². The molecule has 0 amide bonds. The minimum atomic E-state index is -1.57. The summed E-state index contributed by atoms with van der Waals surface area (Å²) in [4.78, 5) is 0. The van der Waals surface area contributed by atoms with Gasteiger partial charge in [-0.2, -0.15) is 0 Å². The van der Waals surface area contributed by atoms with E-state index in [4.69, 9.17) is 0 Å². The molecular weight excluding hydrogens is 351 g/mol. The van der Waals surface area contributed by atoms with E-state index >= 15 is 0 Å². The summed E-state index contributed by atoms with van der Waals surface area (Å²) in [6.45, 7) is 2.32. The van der Waals surface area contributed by atoms with Gasteiger partial charge in [-0.1, -0.05) is 95.7 Å². The molecule has 0 spiro atoms. The number of benzene rings is 3. The molecular formula is C20H19BrP. The van der Waals surface area contributed by atoms with Gasteiger partial charge in [0.1, 0.15) is 0 Å². The van der Waals surface area contributed by atoms with Crippen LogP contribution in [-0.4, -0.2) is 6.16 Å². The van der Waals surface area contributed by atoms with E-state index < -0.39 is 7.26 Å². The third kappa shape index (κ3) is 2.76. The van der Waals surface area contributed by atoms with Crippen LogP contribution in [0.4, 0.5) is 0 Å². The third-order valence-corrected chi connectivity index (χ3v) is 9.15.